The number of aromatic amines is 1. The lowest BCUT2D eigenvalue weighted by molar-refractivity contribution is 0.0840. The molecule has 130 valence electrons. The Balaban J connectivity index is 1.61. The fraction of sp³-hybridized carbons (Fsp3) is 0.500. The van der Waals surface area contributed by atoms with E-state index in [9.17, 15) is 0 Å². The molecule has 1 aliphatic rings. The van der Waals surface area contributed by atoms with Crippen LogP contribution >= 0.6 is 35.0 Å². The lowest BCUT2D eigenvalue weighted by Crippen LogP contribution is -2.13. The van der Waals surface area contributed by atoms with E-state index in [-0.39, 0.29) is 6.10 Å². The monoisotopic (exact) mass is 384 g/mol. The van der Waals surface area contributed by atoms with Crippen molar-refractivity contribution >= 4 is 35.0 Å². The Hall–Kier alpha value is -0.680. The topological polar surface area (TPSA) is 37.9 Å². The Bertz CT molecular complexity index is 630. The second-order valence-electron chi connectivity index (χ2n) is 6.11. The van der Waals surface area contributed by atoms with Gasteiger partial charge < -0.3 is 9.72 Å². The van der Waals surface area contributed by atoms with Crippen molar-refractivity contribution in [3.8, 4) is 0 Å². The van der Waals surface area contributed by atoms with Gasteiger partial charge in [-0.1, -0.05) is 48.5 Å². The molecule has 1 atom stereocenters. The molecular weight excluding hydrogens is 363 g/mol. The summed E-state index contributed by atoms with van der Waals surface area (Å²) in [5.41, 5.74) is 1.02. The van der Waals surface area contributed by atoms with E-state index in [1.54, 1.807) is 12.3 Å². The minimum Gasteiger partial charge on any atom is -0.359 e. The van der Waals surface area contributed by atoms with Crippen LogP contribution in [0, 0.1) is 0 Å². The number of nitrogens with zero attached hydrogens (tertiary/aromatic N) is 1. The van der Waals surface area contributed by atoms with Crippen molar-refractivity contribution in [3.63, 3.8) is 0 Å². The fourth-order valence-corrected chi connectivity index (χ4v) is 4.61. The summed E-state index contributed by atoms with van der Waals surface area (Å²) in [6, 6.07) is 5.59. The van der Waals surface area contributed by atoms with Gasteiger partial charge in [-0.05, 0) is 30.5 Å². The summed E-state index contributed by atoms with van der Waals surface area (Å²) in [5.74, 6) is 1.52. The van der Waals surface area contributed by atoms with Gasteiger partial charge in [0.25, 0.3) is 0 Å². The smallest absolute Gasteiger partial charge is 0.135 e. The van der Waals surface area contributed by atoms with Gasteiger partial charge in [0.15, 0.2) is 0 Å². The van der Waals surface area contributed by atoms with E-state index >= 15 is 0 Å². The molecule has 1 aromatic heterocycles. The molecule has 3 rings (SSSR count). The van der Waals surface area contributed by atoms with Crippen LogP contribution in [-0.2, 0) is 11.2 Å². The van der Waals surface area contributed by atoms with Crippen LogP contribution in [0.15, 0.2) is 30.6 Å². The summed E-state index contributed by atoms with van der Waals surface area (Å²) in [5, 5.41) is 2.05. The van der Waals surface area contributed by atoms with Crippen LogP contribution in [0.2, 0.25) is 10.0 Å². The molecule has 2 aromatic rings. The fourth-order valence-electron chi connectivity index (χ4n) is 3.02. The molecule has 0 saturated heterocycles. The highest BCUT2D eigenvalue weighted by Crippen LogP contribution is 2.31. The number of rotatable bonds is 7. The quantitative estimate of drug-likeness (QED) is 0.591. The highest BCUT2D eigenvalue weighted by Gasteiger charge is 2.19. The van der Waals surface area contributed by atoms with Crippen molar-refractivity contribution in [3.05, 3.63) is 52.0 Å². The van der Waals surface area contributed by atoms with Gasteiger partial charge in [-0.3, -0.25) is 0 Å². The molecule has 0 bridgehead atoms. The predicted octanol–water partition coefficient (Wildman–Crippen LogP) is 6.04. The number of ether oxygens (including phenoxy) is 1. The lowest BCUT2D eigenvalue weighted by atomic mass is 10.0. The molecule has 1 fully saturated rings. The van der Waals surface area contributed by atoms with Gasteiger partial charge in [0.1, 0.15) is 11.9 Å². The van der Waals surface area contributed by atoms with E-state index in [1.165, 1.54) is 32.1 Å². The van der Waals surface area contributed by atoms with Gasteiger partial charge in [0, 0.05) is 34.1 Å². The molecule has 1 heterocycles. The molecule has 0 aliphatic heterocycles. The van der Waals surface area contributed by atoms with Crippen LogP contribution in [0.3, 0.4) is 0 Å². The van der Waals surface area contributed by atoms with Crippen molar-refractivity contribution in [2.24, 2.45) is 0 Å². The van der Waals surface area contributed by atoms with Crippen molar-refractivity contribution in [2.45, 2.75) is 49.9 Å². The summed E-state index contributed by atoms with van der Waals surface area (Å²) in [6.45, 7) is 0. The first-order valence-electron chi connectivity index (χ1n) is 8.39. The third-order valence-corrected chi connectivity index (χ3v) is 6.17. The number of imidazole rings is 1. The Morgan fingerprint density at radius 3 is 2.79 bits per heavy atom. The van der Waals surface area contributed by atoms with Gasteiger partial charge in [0.05, 0.1) is 5.94 Å². The molecule has 1 aliphatic carbocycles. The number of benzene rings is 1. The van der Waals surface area contributed by atoms with E-state index in [0.29, 0.717) is 22.4 Å². The first-order chi connectivity index (χ1) is 11.7. The number of H-pyrrole nitrogens is 1. The van der Waals surface area contributed by atoms with Gasteiger partial charge >= 0.3 is 0 Å². The standard InChI is InChI=1S/C18H22Cl2N2OS/c19-14-7-6-13(16(20)11-14)10-17(18-21-8-9-22-18)23-12-24-15-4-2-1-3-5-15/h6-9,11,15,17H,1-5,10,12H2,(H,21,22). The number of hydrogen-bond acceptors (Lipinski definition) is 3. The van der Waals surface area contributed by atoms with Crippen molar-refractivity contribution in [1.29, 1.82) is 0 Å². The lowest BCUT2D eigenvalue weighted by Gasteiger charge is -2.22. The molecule has 0 amide bonds. The average Bonchev–Trinajstić information content (AvgIpc) is 3.11. The second kappa shape index (κ2) is 9.14. The molecule has 24 heavy (non-hydrogen) atoms. The van der Waals surface area contributed by atoms with Crippen molar-refractivity contribution in [2.75, 3.05) is 5.94 Å². The zero-order valence-electron chi connectivity index (χ0n) is 13.5. The van der Waals surface area contributed by atoms with Gasteiger partial charge in [-0.15, -0.1) is 11.8 Å². The summed E-state index contributed by atoms with van der Waals surface area (Å²) in [6.07, 6.45) is 10.8. The molecule has 1 N–H and O–H groups in total. The molecule has 3 nitrogen and oxygen atoms in total. The van der Waals surface area contributed by atoms with Crippen molar-refractivity contribution < 1.29 is 4.74 Å². The summed E-state index contributed by atoms with van der Waals surface area (Å²) >= 11 is 14.2. The van der Waals surface area contributed by atoms with Crippen LogP contribution < -0.4 is 0 Å². The highest BCUT2D eigenvalue weighted by molar-refractivity contribution is 7.99. The number of thioether (sulfide) groups is 1. The first kappa shape index (κ1) is 18.1. The largest absolute Gasteiger partial charge is 0.359 e. The van der Waals surface area contributed by atoms with Crippen molar-refractivity contribution in [1.82, 2.24) is 9.97 Å². The first-order valence-corrected chi connectivity index (χ1v) is 10.2. The van der Waals surface area contributed by atoms with Gasteiger partial charge in [0.2, 0.25) is 0 Å². The van der Waals surface area contributed by atoms with Gasteiger partial charge in [-0.25, -0.2) is 4.98 Å². The Kier molecular flexibility index (Phi) is 6.90. The summed E-state index contributed by atoms with van der Waals surface area (Å²) in [7, 11) is 0. The molecular formula is C18H22Cl2N2OS. The predicted molar refractivity (Wildman–Crippen MR) is 102 cm³/mol. The molecule has 6 heteroatoms. The molecule has 1 aromatic carbocycles. The molecule has 1 unspecified atom stereocenters. The second-order valence-corrected chi connectivity index (χ2v) is 8.19. The number of halogens is 2. The van der Waals surface area contributed by atoms with E-state index in [1.807, 2.05) is 30.1 Å². The minimum atomic E-state index is -0.130. The maximum absolute atomic E-state index is 6.31. The SMILES string of the molecule is Clc1ccc(CC(OCSC2CCCCC2)c2ncc[nH]2)c(Cl)c1. The highest BCUT2D eigenvalue weighted by atomic mass is 35.5. The van der Waals surface area contributed by atoms with Crippen LogP contribution in [0.1, 0.15) is 49.6 Å². The summed E-state index contributed by atoms with van der Waals surface area (Å²) < 4.78 is 6.16. The Labute approximate surface area is 157 Å². The average molecular weight is 385 g/mol. The molecule has 0 spiro atoms. The van der Waals surface area contributed by atoms with Crippen LogP contribution in [0.25, 0.3) is 0 Å². The van der Waals surface area contributed by atoms with E-state index in [0.717, 1.165) is 16.6 Å². The normalized spacial score (nSPS) is 17.1. The third-order valence-electron chi connectivity index (χ3n) is 4.37. The summed E-state index contributed by atoms with van der Waals surface area (Å²) in [4.78, 5) is 7.53. The Morgan fingerprint density at radius 2 is 2.08 bits per heavy atom. The minimum absolute atomic E-state index is 0.130. The third kappa shape index (κ3) is 5.16. The van der Waals surface area contributed by atoms with Gasteiger partial charge in [-0.2, -0.15) is 0 Å². The maximum atomic E-state index is 6.31. The zero-order valence-corrected chi connectivity index (χ0v) is 15.8. The number of hydrogen-bond donors (Lipinski definition) is 1. The number of nitrogens with one attached hydrogen (secondary N) is 1. The molecule has 0 radical (unpaired) electrons. The molecule has 1 saturated carbocycles. The van der Waals surface area contributed by atoms with E-state index in [4.69, 9.17) is 27.9 Å². The van der Waals surface area contributed by atoms with Crippen LogP contribution in [0.5, 0.6) is 0 Å². The van der Waals surface area contributed by atoms with E-state index in [2.05, 4.69) is 9.97 Å². The van der Waals surface area contributed by atoms with Crippen LogP contribution in [0.4, 0.5) is 0 Å². The van der Waals surface area contributed by atoms with E-state index < -0.39 is 0 Å². The van der Waals surface area contributed by atoms with Crippen LogP contribution in [-0.4, -0.2) is 21.2 Å². The Morgan fingerprint density at radius 1 is 1.25 bits per heavy atom. The maximum Gasteiger partial charge on any atom is 0.135 e. The zero-order chi connectivity index (χ0) is 16.8. The number of aromatic nitrogens is 2.